The molecule has 0 aliphatic heterocycles. The summed E-state index contributed by atoms with van der Waals surface area (Å²) in [6, 6.07) is 11.3. The SMILES string of the molecule is CCNC(Cc1ncc[nH]1)C(c1ccccc1)C(C)CC. The lowest BCUT2D eigenvalue weighted by Gasteiger charge is -2.32. The molecule has 2 aromatic rings. The van der Waals surface area contributed by atoms with E-state index in [1.165, 1.54) is 12.0 Å². The quantitative estimate of drug-likeness (QED) is 0.775. The third kappa shape index (κ3) is 4.18. The van der Waals surface area contributed by atoms with Crippen LogP contribution >= 0.6 is 0 Å². The minimum atomic E-state index is 0.401. The van der Waals surface area contributed by atoms with Crippen molar-refractivity contribution in [1.82, 2.24) is 15.3 Å². The van der Waals surface area contributed by atoms with Gasteiger partial charge in [0.15, 0.2) is 0 Å². The maximum Gasteiger partial charge on any atom is 0.107 e. The summed E-state index contributed by atoms with van der Waals surface area (Å²) in [6.07, 6.45) is 5.85. The Morgan fingerprint density at radius 2 is 1.95 bits per heavy atom. The van der Waals surface area contributed by atoms with Gasteiger partial charge in [-0.1, -0.05) is 57.5 Å². The molecule has 1 heterocycles. The topological polar surface area (TPSA) is 40.7 Å². The standard InChI is InChI=1S/C18H27N3/c1-4-14(3)18(15-9-7-6-8-10-15)16(19-5-2)13-17-20-11-12-21-17/h6-12,14,16,18-19H,4-5,13H2,1-3H3,(H,20,21). The van der Waals surface area contributed by atoms with Crippen molar-refractivity contribution in [3.63, 3.8) is 0 Å². The number of rotatable bonds is 8. The Kier molecular flexibility index (Phi) is 6.00. The van der Waals surface area contributed by atoms with E-state index in [0.29, 0.717) is 17.9 Å². The Bertz CT molecular complexity index is 492. The van der Waals surface area contributed by atoms with Crippen molar-refractivity contribution in [1.29, 1.82) is 0 Å². The van der Waals surface area contributed by atoms with Crippen molar-refractivity contribution in [2.45, 2.75) is 45.6 Å². The number of benzene rings is 1. The molecule has 0 saturated carbocycles. The molecule has 1 aromatic carbocycles. The Balaban J connectivity index is 2.26. The molecule has 0 aliphatic rings. The van der Waals surface area contributed by atoms with Gasteiger partial charge in [-0.25, -0.2) is 4.98 Å². The number of aromatic nitrogens is 2. The maximum atomic E-state index is 4.40. The number of nitrogens with one attached hydrogen (secondary N) is 2. The summed E-state index contributed by atoms with van der Waals surface area (Å²) in [7, 11) is 0. The van der Waals surface area contributed by atoms with Crippen LogP contribution in [0.1, 0.15) is 44.5 Å². The summed E-state index contributed by atoms with van der Waals surface area (Å²) in [5.74, 6) is 2.19. The van der Waals surface area contributed by atoms with Gasteiger partial charge in [0, 0.05) is 30.8 Å². The normalized spacial score (nSPS) is 15.6. The summed E-state index contributed by atoms with van der Waals surface area (Å²) in [5, 5.41) is 3.67. The van der Waals surface area contributed by atoms with Crippen LogP contribution in [0.4, 0.5) is 0 Å². The highest BCUT2D eigenvalue weighted by molar-refractivity contribution is 5.23. The Hall–Kier alpha value is -1.61. The number of hydrogen-bond donors (Lipinski definition) is 2. The van der Waals surface area contributed by atoms with E-state index in [2.05, 4.69) is 66.4 Å². The zero-order valence-electron chi connectivity index (χ0n) is 13.3. The lowest BCUT2D eigenvalue weighted by molar-refractivity contribution is 0.333. The van der Waals surface area contributed by atoms with Gasteiger partial charge < -0.3 is 10.3 Å². The van der Waals surface area contributed by atoms with Gasteiger partial charge in [0.05, 0.1) is 0 Å². The molecule has 0 bridgehead atoms. The largest absolute Gasteiger partial charge is 0.349 e. The smallest absolute Gasteiger partial charge is 0.107 e. The Labute approximate surface area is 128 Å². The highest BCUT2D eigenvalue weighted by Gasteiger charge is 2.27. The van der Waals surface area contributed by atoms with Gasteiger partial charge in [-0.15, -0.1) is 0 Å². The average Bonchev–Trinajstić information content (AvgIpc) is 3.01. The predicted molar refractivity (Wildman–Crippen MR) is 88.4 cm³/mol. The molecule has 3 nitrogen and oxygen atoms in total. The van der Waals surface area contributed by atoms with E-state index in [0.717, 1.165) is 18.8 Å². The summed E-state index contributed by atoms with van der Waals surface area (Å²) in [4.78, 5) is 7.64. The van der Waals surface area contributed by atoms with Crippen molar-refractivity contribution >= 4 is 0 Å². The predicted octanol–water partition coefficient (Wildman–Crippen LogP) is 3.76. The van der Waals surface area contributed by atoms with Crippen LogP contribution in [0.15, 0.2) is 42.7 Å². The highest BCUT2D eigenvalue weighted by Crippen LogP contribution is 2.31. The van der Waals surface area contributed by atoms with E-state index < -0.39 is 0 Å². The maximum absolute atomic E-state index is 4.40. The minimum absolute atomic E-state index is 0.401. The van der Waals surface area contributed by atoms with Crippen LogP contribution in [0.3, 0.4) is 0 Å². The van der Waals surface area contributed by atoms with Crippen LogP contribution in [0.25, 0.3) is 0 Å². The zero-order chi connectivity index (χ0) is 15.1. The molecule has 114 valence electrons. The second-order valence-electron chi connectivity index (χ2n) is 5.73. The second-order valence-corrected chi connectivity index (χ2v) is 5.73. The van der Waals surface area contributed by atoms with E-state index in [-0.39, 0.29) is 0 Å². The molecule has 0 fully saturated rings. The van der Waals surface area contributed by atoms with Gasteiger partial charge in [-0.05, 0) is 18.0 Å². The molecular formula is C18H27N3. The number of likely N-dealkylation sites (N-methyl/N-ethyl adjacent to an activating group) is 1. The van der Waals surface area contributed by atoms with E-state index in [1.807, 2.05) is 12.4 Å². The fourth-order valence-electron chi connectivity index (χ4n) is 3.09. The first-order chi connectivity index (χ1) is 10.3. The molecule has 3 unspecified atom stereocenters. The van der Waals surface area contributed by atoms with Crippen molar-refractivity contribution in [3.8, 4) is 0 Å². The van der Waals surface area contributed by atoms with Gasteiger partial charge in [0.25, 0.3) is 0 Å². The number of aromatic amines is 1. The van der Waals surface area contributed by atoms with Crippen LogP contribution in [0.5, 0.6) is 0 Å². The molecule has 2 rings (SSSR count). The molecule has 0 saturated heterocycles. The van der Waals surface area contributed by atoms with Crippen LogP contribution in [-0.4, -0.2) is 22.6 Å². The fourth-order valence-corrected chi connectivity index (χ4v) is 3.09. The number of hydrogen-bond acceptors (Lipinski definition) is 2. The van der Waals surface area contributed by atoms with Crippen molar-refractivity contribution < 1.29 is 0 Å². The van der Waals surface area contributed by atoms with Crippen LogP contribution in [-0.2, 0) is 6.42 Å². The lowest BCUT2D eigenvalue weighted by atomic mass is 9.79. The average molecular weight is 285 g/mol. The molecule has 0 aliphatic carbocycles. The van der Waals surface area contributed by atoms with Crippen LogP contribution in [0.2, 0.25) is 0 Å². The summed E-state index contributed by atoms with van der Waals surface area (Å²) >= 11 is 0. The summed E-state index contributed by atoms with van der Waals surface area (Å²) < 4.78 is 0. The van der Waals surface area contributed by atoms with E-state index >= 15 is 0 Å². The monoisotopic (exact) mass is 285 g/mol. The van der Waals surface area contributed by atoms with Gasteiger partial charge in [0.2, 0.25) is 0 Å². The first-order valence-electron chi connectivity index (χ1n) is 8.02. The molecule has 0 radical (unpaired) electrons. The lowest BCUT2D eigenvalue weighted by Crippen LogP contribution is -2.39. The molecule has 2 N–H and O–H groups in total. The van der Waals surface area contributed by atoms with E-state index in [9.17, 15) is 0 Å². The molecule has 1 aromatic heterocycles. The number of nitrogens with zero attached hydrogens (tertiary/aromatic N) is 1. The van der Waals surface area contributed by atoms with Crippen molar-refractivity contribution in [3.05, 3.63) is 54.1 Å². The molecular weight excluding hydrogens is 258 g/mol. The highest BCUT2D eigenvalue weighted by atomic mass is 14.9. The summed E-state index contributed by atoms with van der Waals surface area (Å²) in [6.45, 7) is 7.78. The third-order valence-electron chi connectivity index (χ3n) is 4.31. The van der Waals surface area contributed by atoms with Crippen LogP contribution in [0, 0.1) is 5.92 Å². The molecule has 0 amide bonds. The summed E-state index contributed by atoms with van der Waals surface area (Å²) in [5.41, 5.74) is 1.42. The van der Waals surface area contributed by atoms with Gasteiger partial charge in [-0.2, -0.15) is 0 Å². The minimum Gasteiger partial charge on any atom is -0.349 e. The van der Waals surface area contributed by atoms with Gasteiger partial charge in [0.1, 0.15) is 5.82 Å². The fraction of sp³-hybridized carbons (Fsp3) is 0.500. The first-order valence-corrected chi connectivity index (χ1v) is 8.02. The molecule has 0 spiro atoms. The van der Waals surface area contributed by atoms with Crippen molar-refractivity contribution in [2.24, 2.45) is 5.92 Å². The molecule has 3 heteroatoms. The Morgan fingerprint density at radius 3 is 2.52 bits per heavy atom. The molecule has 21 heavy (non-hydrogen) atoms. The van der Waals surface area contributed by atoms with Crippen LogP contribution < -0.4 is 5.32 Å². The number of H-pyrrole nitrogens is 1. The zero-order valence-corrected chi connectivity index (χ0v) is 13.3. The van der Waals surface area contributed by atoms with E-state index in [4.69, 9.17) is 0 Å². The second kappa shape index (κ2) is 7.99. The van der Waals surface area contributed by atoms with E-state index in [1.54, 1.807) is 0 Å². The Morgan fingerprint density at radius 1 is 1.19 bits per heavy atom. The van der Waals surface area contributed by atoms with Crippen molar-refractivity contribution in [2.75, 3.05) is 6.54 Å². The third-order valence-corrected chi connectivity index (χ3v) is 4.31. The van der Waals surface area contributed by atoms with Gasteiger partial charge >= 0.3 is 0 Å². The van der Waals surface area contributed by atoms with Gasteiger partial charge in [-0.3, -0.25) is 0 Å². The number of imidazole rings is 1. The first kappa shape index (κ1) is 15.8. The molecule has 3 atom stereocenters.